The number of rotatable bonds is 4. The lowest BCUT2D eigenvalue weighted by Crippen LogP contribution is -2.35. The van der Waals surface area contributed by atoms with Gasteiger partial charge in [-0.15, -0.1) is 0 Å². The molecule has 1 rings (SSSR count). The quantitative estimate of drug-likeness (QED) is 0.779. The van der Waals surface area contributed by atoms with Crippen LogP contribution in [-0.2, 0) is 6.54 Å². The summed E-state index contributed by atoms with van der Waals surface area (Å²) in [5.74, 6) is 0. The van der Waals surface area contributed by atoms with Crippen molar-refractivity contribution in [1.82, 2.24) is 10.6 Å². The van der Waals surface area contributed by atoms with Crippen molar-refractivity contribution >= 4 is 6.03 Å². The molecule has 0 spiro atoms. The van der Waals surface area contributed by atoms with E-state index in [1.54, 1.807) is 0 Å². The summed E-state index contributed by atoms with van der Waals surface area (Å²) in [6, 6.07) is 8.03. The van der Waals surface area contributed by atoms with E-state index in [9.17, 15) is 4.79 Å². The minimum atomic E-state index is -0.0996. The molecule has 0 saturated heterocycles. The van der Waals surface area contributed by atoms with Gasteiger partial charge in [-0.05, 0) is 18.9 Å². The molecule has 0 saturated carbocycles. The third kappa shape index (κ3) is 4.49. The molecule has 0 aliphatic rings. The molecule has 0 bridgehead atoms. The van der Waals surface area contributed by atoms with Crippen LogP contribution in [-0.4, -0.2) is 12.6 Å². The molecule has 0 aromatic heterocycles. The van der Waals surface area contributed by atoms with E-state index in [2.05, 4.69) is 10.6 Å². The first-order valence-corrected chi connectivity index (χ1v) is 5.29. The normalized spacial score (nSPS) is 9.73. The molecule has 3 heteroatoms. The lowest BCUT2D eigenvalue weighted by molar-refractivity contribution is 0.240. The predicted octanol–water partition coefficient (Wildman–Crippen LogP) is 2.20. The van der Waals surface area contributed by atoms with Crippen molar-refractivity contribution in [3.05, 3.63) is 35.4 Å². The fourth-order valence-corrected chi connectivity index (χ4v) is 1.19. The van der Waals surface area contributed by atoms with E-state index in [1.165, 1.54) is 5.56 Å². The standard InChI is InChI=1S/C12H18N2O/c1-3-8-13-12(15)14-9-11-6-4-10(2)5-7-11/h4-7H,3,8-9H2,1-2H3,(H2,13,14,15). The van der Waals surface area contributed by atoms with E-state index in [0.29, 0.717) is 6.54 Å². The highest BCUT2D eigenvalue weighted by Gasteiger charge is 1.98. The number of carbonyl (C=O) groups excluding carboxylic acids is 1. The van der Waals surface area contributed by atoms with Crippen LogP contribution < -0.4 is 10.6 Å². The lowest BCUT2D eigenvalue weighted by atomic mass is 10.1. The number of aryl methyl sites for hydroxylation is 1. The largest absolute Gasteiger partial charge is 0.338 e. The van der Waals surface area contributed by atoms with Gasteiger partial charge in [0, 0.05) is 13.1 Å². The zero-order valence-corrected chi connectivity index (χ0v) is 9.34. The number of hydrogen-bond acceptors (Lipinski definition) is 1. The molecule has 3 nitrogen and oxygen atoms in total. The molecule has 0 unspecified atom stereocenters. The number of nitrogens with one attached hydrogen (secondary N) is 2. The highest BCUT2D eigenvalue weighted by Crippen LogP contribution is 2.02. The van der Waals surface area contributed by atoms with Crippen molar-refractivity contribution in [2.24, 2.45) is 0 Å². The van der Waals surface area contributed by atoms with Gasteiger partial charge in [0.05, 0.1) is 0 Å². The van der Waals surface area contributed by atoms with Crippen molar-refractivity contribution in [3.63, 3.8) is 0 Å². The van der Waals surface area contributed by atoms with Gasteiger partial charge in [0.25, 0.3) is 0 Å². The van der Waals surface area contributed by atoms with Crippen LogP contribution in [0.4, 0.5) is 4.79 Å². The fraction of sp³-hybridized carbons (Fsp3) is 0.417. The Labute approximate surface area is 90.9 Å². The van der Waals surface area contributed by atoms with Gasteiger partial charge in [-0.1, -0.05) is 36.8 Å². The first kappa shape index (κ1) is 11.6. The summed E-state index contributed by atoms with van der Waals surface area (Å²) in [6.45, 7) is 5.38. The monoisotopic (exact) mass is 206 g/mol. The molecule has 1 aromatic carbocycles. The topological polar surface area (TPSA) is 41.1 Å². The van der Waals surface area contributed by atoms with Crippen molar-refractivity contribution in [3.8, 4) is 0 Å². The zero-order valence-electron chi connectivity index (χ0n) is 9.34. The third-order valence-corrected chi connectivity index (χ3v) is 2.11. The SMILES string of the molecule is CCCNC(=O)NCc1ccc(C)cc1. The van der Waals surface area contributed by atoms with Gasteiger partial charge in [-0.25, -0.2) is 4.79 Å². The molecule has 0 heterocycles. The zero-order chi connectivity index (χ0) is 11.1. The molecule has 0 aliphatic carbocycles. The fourth-order valence-electron chi connectivity index (χ4n) is 1.19. The number of amides is 2. The van der Waals surface area contributed by atoms with Crippen LogP contribution >= 0.6 is 0 Å². The van der Waals surface area contributed by atoms with E-state index in [4.69, 9.17) is 0 Å². The van der Waals surface area contributed by atoms with Crippen molar-refractivity contribution in [2.75, 3.05) is 6.54 Å². The molecule has 1 aromatic rings. The molecule has 0 fully saturated rings. The first-order valence-electron chi connectivity index (χ1n) is 5.29. The molecule has 0 radical (unpaired) electrons. The van der Waals surface area contributed by atoms with E-state index >= 15 is 0 Å². The average molecular weight is 206 g/mol. The van der Waals surface area contributed by atoms with Crippen LogP contribution in [0.25, 0.3) is 0 Å². The highest BCUT2D eigenvalue weighted by molar-refractivity contribution is 5.73. The molecular weight excluding hydrogens is 188 g/mol. The molecule has 0 atom stereocenters. The van der Waals surface area contributed by atoms with Crippen molar-refractivity contribution in [1.29, 1.82) is 0 Å². The Kier molecular flexibility index (Phi) is 4.68. The van der Waals surface area contributed by atoms with Gasteiger partial charge in [0.1, 0.15) is 0 Å². The maximum Gasteiger partial charge on any atom is 0.315 e. The summed E-state index contributed by atoms with van der Waals surface area (Å²) >= 11 is 0. The summed E-state index contributed by atoms with van der Waals surface area (Å²) in [6.07, 6.45) is 0.956. The predicted molar refractivity (Wildman–Crippen MR) is 61.7 cm³/mol. The van der Waals surface area contributed by atoms with Crippen LogP contribution in [0.15, 0.2) is 24.3 Å². The van der Waals surface area contributed by atoms with Gasteiger partial charge in [-0.2, -0.15) is 0 Å². The number of hydrogen-bond donors (Lipinski definition) is 2. The lowest BCUT2D eigenvalue weighted by Gasteiger charge is -2.06. The van der Waals surface area contributed by atoms with Crippen LogP contribution in [0.2, 0.25) is 0 Å². The number of benzene rings is 1. The van der Waals surface area contributed by atoms with Crippen LogP contribution in [0, 0.1) is 6.92 Å². The first-order chi connectivity index (χ1) is 7.22. The Morgan fingerprint density at radius 3 is 2.47 bits per heavy atom. The number of carbonyl (C=O) groups is 1. The Bertz CT molecular complexity index is 306. The van der Waals surface area contributed by atoms with Crippen LogP contribution in [0.1, 0.15) is 24.5 Å². The summed E-state index contributed by atoms with van der Waals surface area (Å²) in [7, 11) is 0. The third-order valence-electron chi connectivity index (χ3n) is 2.11. The Hall–Kier alpha value is -1.51. The Morgan fingerprint density at radius 1 is 1.20 bits per heavy atom. The van der Waals surface area contributed by atoms with Crippen molar-refractivity contribution in [2.45, 2.75) is 26.8 Å². The van der Waals surface area contributed by atoms with Gasteiger partial charge in [-0.3, -0.25) is 0 Å². The second-order valence-corrected chi connectivity index (χ2v) is 3.60. The van der Waals surface area contributed by atoms with Gasteiger partial charge < -0.3 is 10.6 Å². The maximum absolute atomic E-state index is 11.2. The average Bonchev–Trinajstić information content (AvgIpc) is 2.25. The molecule has 0 aliphatic heterocycles. The minimum Gasteiger partial charge on any atom is -0.338 e. The van der Waals surface area contributed by atoms with E-state index in [1.807, 2.05) is 38.1 Å². The Balaban J connectivity index is 2.30. The summed E-state index contributed by atoms with van der Waals surface area (Å²) in [4.78, 5) is 11.2. The molecule has 2 N–H and O–H groups in total. The van der Waals surface area contributed by atoms with Crippen LogP contribution in [0.5, 0.6) is 0 Å². The number of urea groups is 1. The minimum absolute atomic E-state index is 0.0996. The summed E-state index contributed by atoms with van der Waals surface area (Å²) in [5.41, 5.74) is 2.35. The van der Waals surface area contributed by atoms with Gasteiger partial charge in [0.15, 0.2) is 0 Å². The summed E-state index contributed by atoms with van der Waals surface area (Å²) in [5, 5.41) is 5.57. The van der Waals surface area contributed by atoms with Gasteiger partial charge >= 0.3 is 6.03 Å². The van der Waals surface area contributed by atoms with E-state index in [0.717, 1.165) is 18.5 Å². The second kappa shape index (κ2) is 6.06. The second-order valence-electron chi connectivity index (χ2n) is 3.60. The summed E-state index contributed by atoms with van der Waals surface area (Å²) < 4.78 is 0. The highest BCUT2D eigenvalue weighted by atomic mass is 16.2. The smallest absolute Gasteiger partial charge is 0.315 e. The van der Waals surface area contributed by atoms with Crippen molar-refractivity contribution < 1.29 is 4.79 Å². The molecular formula is C12H18N2O. The molecule has 15 heavy (non-hydrogen) atoms. The van der Waals surface area contributed by atoms with Crippen LogP contribution in [0.3, 0.4) is 0 Å². The Morgan fingerprint density at radius 2 is 1.87 bits per heavy atom. The van der Waals surface area contributed by atoms with Gasteiger partial charge in [0.2, 0.25) is 0 Å². The van der Waals surface area contributed by atoms with E-state index < -0.39 is 0 Å². The molecule has 82 valence electrons. The maximum atomic E-state index is 11.2. The van der Waals surface area contributed by atoms with E-state index in [-0.39, 0.29) is 6.03 Å². The molecule has 2 amide bonds.